The van der Waals surface area contributed by atoms with Crippen LogP contribution in [-0.2, 0) is 15.7 Å². The molecule has 0 unspecified atom stereocenters. The first-order valence-corrected chi connectivity index (χ1v) is 12.4. The van der Waals surface area contributed by atoms with Crippen LogP contribution in [0.2, 0.25) is 0 Å². The van der Waals surface area contributed by atoms with Crippen molar-refractivity contribution in [3.8, 4) is 11.1 Å². The number of carbonyl (C=O) groups excluding carboxylic acids is 2. The van der Waals surface area contributed by atoms with Crippen LogP contribution in [0.15, 0.2) is 54.6 Å². The van der Waals surface area contributed by atoms with E-state index in [2.05, 4.69) is 10.2 Å². The highest BCUT2D eigenvalue weighted by atomic mass is 19.4. The molecule has 2 fully saturated rings. The summed E-state index contributed by atoms with van der Waals surface area (Å²) in [6, 6.07) is 13.5. The summed E-state index contributed by atoms with van der Waals surface area (Å²) >= 11 is 0. The molecule has 0 aliphatic carbocycles. The summed E-state index contributed by atoms with van der Waals surface area (Å²) in [6.45, 7) is 5.05. The summed E-state index contributed by atoms with van der Waals surface area (Å²) in [6.07, 6.45) is -3.29. The number of rotatable bonds is 5. The van der Waals surface area contributed by atoms with Crippen LogP contribution >= 0.6 is 0 Å². The van der Waals surface area contributed by atoms with Gasteiger partial charge < -0.3 is 15.0 Å². The molecule has 10 heteroatoms. The third-order valence-corrected chi connectivity index (χ3v) is 6.74. The van der Waals surface area contributed by atoms with Gasteiger partial charge in [-0.05, 0) is 72.5 Å². The Morgan fingerprint density at radius 3 is 2.47 bits per heavy atom. The number of alkyl halides is 3. The van der Waals surface area contributed by atoms with E-state index in [0.29, 0.717) is 50.8 Å². The summed E-state index contributed by atoms with van der Waals surface area (Å²) in [5.41, 5.74) is 2.04. The molecule has 0 radical (unpaired) electrons. The van der Waals surface area contributed by atoms with E-state index in [1.165, 1.54) is 12.1 Å². The number of anilines is 3. The van der Waals surface area contributed by atoms with Gasteiger partial charge in [0.2, 0.25) is 5.91 Å². The van der Waals surface area contributed by atoms with Crippen molar-refractivity contribution in [2.45, 2.75) is 25.9 Å². The molecule has 0 atom stereocenters. The Hall–Kier alpha value is -3.92. The van der Waals surface area contributed by atoms with E-state index in [4.69, 9.17) is 9.72 Å². The monoisotopic (exact) mass is 524 g/mol. The minimum Gasteiger partial charge on any atom is -0.378 e. The Labute approximate surface area is 218 Å². The van der Waals surface area contributed by atoms with Crippen LogP contribution in [0.3, 0.4) is 0 Å². The Bertz CT molecular complexity index is 1370. The standard InChI is InChI=1S/C28H27F3N4O3/c1-18-7-8-22(32-27(37)19-4-2-5-21(14-19)28(29,30)31)17-23(18)20-15-24(34-10-12-38-13-11-34)33-25(16-20)35-9-3-6-26(35)36/h2,4-5,7-8,14-17H,3,6,9-13H2,1H3,(H,32,37). The van der Waals surface area contributed by atoms with E-state index in [1.807, 2.05) is 25.1 Å². The van der Waals surface area contributed by atoms with Crippen LogP contribution in [0.25, 0.3) is 11.1 Å². The Balaban J connectivity index is 1.48. The molecular weight excluding hydrogens is 497 g/mol. The van der Waals surface area contributed by atoms with Crippen molar-refractivity contribution >= 4 is 29.1 Å². The molecule has 0 saturated carbocycles. The Morgan fingerprint density at radius 2 is 1.76 bits per heavy atom. The normalized spacial score (nSPS) is 16.2. The molecule has 38 heavy (non-hydrogen) atoms. The van der Waals surface area contributed by atoms with Crippen molar-refractivity contribution in [2.75, 3.05) is 48.0 Å². The second kappa shape index (κ2) is 10.4. The van der Waals surface area contributed by atoms with E-state index in [0.717, 1.165) is 41.1 Å². The van der Waals surface area contributed by atoms with Gasteiger partial charge in [-0.3, -0.25) is 14.5 Å². The third kappa shape index (κ3) is 5.50. The van der Waals surface area contributed by atoms with E-state index in [-0.39, 0.29) is 11.5 Å². The second-order valence-corrected chi connectivity index (χ2v) is 9.38. The minimum absolute atomic E-state index is 0.0291. The fourth-order valence-corrected chi connectivity index (χ4v) is 4.69. The lowest BCUT2D eigenvalue weighted by atomic mass is 9.99. The summed E-state index contributed by atoms with van der Waals surface area (Å²) in [5.74, 6) is 0.696. The number of hydrogen-bond donors (Lipinski definition) is 1. The number of carbonyl (C=O) groups is 2. The molecular formula is C28H27F3N4O3. The van der Waals surface area contributed by atoms with Crippen molar-refractivity contribution in [2.24, 2.45) is 0 Å². The van der Waals surface area contributed by atoms with Gasteiger partial charge in [0.05, 0.1) is 18.8 Å². The Kier molecular flexibility index (Phi) is 7.07. The van der Waals surface area contributed by atoms with Gasteiger partial charge in [-0.25, -0.2) is 4.98 Å². The maximum Gasteiger partial charge on any atom is 0.416 e. The molecule has 1 aromatic heterocycles. The molecule has 198 valence electrons. The fourth-order valence-electron chi connectivity index (χ4n) is 4.69. The second-order valence-electron chi connectivity index (χ2n) is 9.38. The third-order valence-electron chi connectivity index (χ3n) is 6.74. The maximum atomic E-state index is 13.1. The summed E-state index contributed by atoms with van der Waals surface area (Å²) < 4.78 is 44.8. The number of ether oxygens (including phenoxy) is 1. The molecule has 3 aromatic rings. The molecule has 2 aromatic carbocycles. The number of nitrogens with zero attached hydrogens (tertiary/aromatic N) is 3. The van der Waals surface area contributed by atoms with Gasteiger partial charge in [0.1, 0.15) is 11.6 Å². The van der Waals surface area contributed by atoms with E-state index < -0.39 is 17.6 Å². The van der Waals surface area contributed by atoms with Gasteiger partial charge in [-0.15, -0.1) is 0 Å². The number of aromatic nitrogens is 1. The minimum atomic E-state index is -4.54. The molecule has 3 heterocycles. The molecule has 2 aliphatic heterocycles. The number of halogens is 3. The van der Waals surface area contributed by atoms with Crippen LogP contribution < -0.4 is 15.1 Å². The van der Waals surface area contributed by atoms with Crippen LogP contribution in [-0.4, -0.2) is 49.6 Å². The van der Waals surface area contributed by atoms with Crippen molar-refractivity contribution in [3.63, 3.8) is 0 Å². The van der Waals surface area contributed by atoms with Gasteiger partial charge in [0.15, 0.2) is 0 Å². The molecule has 5 rings (SSSR count). The lowest BCUT2D eigenvalue weighted by molar-refractivity contribution is -0.137. The predicted molar refractivity (Wildman–Crippen MR) is 138 cm³/mol. The van der Waals surface area contributed by atoms with Crippen LogP contribution in [0.1, 0.15) is 34.3 Å². The number of benzene rings is 2. The molecule has 2 amide bonds. The van der Waals surface area contributed by atoms with Crippen molar-refractivity contribution < 1.29 is 27.5 Å². The average Bonchev–Trinajstić information content (AvgIpc) is 3.35. The van der Waals surface area contributed by atoms with Crippen LogP contribution in [0, 0.1) is 6.92 Å². The van der Waals surface area contributed by atoms with Crippen LogP contribution in [0.4, 0.5) is 30.5 Å². The number of amides is 2. The highest BCUT2D eigenvalue weighted by molar-refractivity contribution is 6.04. The van der Waals surface area contributed by atoms with Gasteiger partial charge in [-0.1, -0.05) is 12.1 Å². The van der Waals surface area contributed by atoms with Crippen LogP contribution in [0.5, 0.6) is 0 Å². The smallest absolute Gasteiger partial charge is 0.378 e. The van der Waals surface area contributed by atoms with Gasteiger partial charge in [0.25, 0.3) is 5.91 Å². The zero-order valence-electron chi connectivity index (χ0n) is 20.8. The van der Waals surface area contributed by atoms with Crippen molar-refractivity contribution in [1.82, 2.24) is 4.98 Å². The van der Waals surface area contributed by atoms with Gasteiger partial charge in [0, 0.05) is 37.3 Å². The van der Waals surface area contributed by atoms with Crippen molar-refractivity contribution in [3.05, 3.63) is 71.3 Å². The average molecular weight is 525 g/mol. The quantitative estimate of drug-likeness (QED) is 0.491. The topological polar surface area (TPSA) is 74.8 Å². The zero-order valence-corrected chi connectivity index (χ0v) is 20.8. The number of morpholine rings is 1. The maximum absolute atomic E-state index is 13.1. The first kappa shape index (κ1) is 25.7. The van der Waals surface area contributed by atoms with E-state index in [1.54, 1.807) is 17.0 Å². The predicted octanol–water partition coefficient (Wildman–Crippen LogP) is 5.29. The molecule has 2 aliphatic rings. The highest BCUT2D eigenvalue weighted by Crippen LogP contribution is 2.34. The summed E-state index contributed by atoms with van der Waals surface area (Å²) in [4.78, 5) is 33.9. The zero-order chi connectivity index (χ0) is 26.9. The first-order chi connectivity index (χ1) is 18.2. The molecule has 1 N–H and O–H groups in total. The molecule has 0 bridgehead atoms. The first-order valence-electron chi connectivity index (χ1n) is 12.4. The lowest BCUT2D eigenvalue weighted by Crippen LogP contribution is -2.37. The lowest BCUT2D eigenvalue weighted by Gasteiger charge is -2.29. The summed E-state index contributed by atoms with van der Waals surface area (Å²) in [7, 11) is 0. The summed E-state index contributed by atoms with van der Waals surface area (Å²) in [5, 5.41) is 2.72. The fraction of sp³-hybridized carbons (Fsp3) is 0.321. The van der Waals surface area contributed by atoms with Gasteiger partial charge in [-0.2, -0.15) is 13.2 Å². The largest absolute Gasteiger partial charge is 0.416 e. The van der Waals surface area contributed by atoms with E-state index in [9.17, 15) is 22.8 Å². The van der Waals surface area contributed by atoms with Gasteiger partial charge >= 0.3 is 6.18 Å². The molecule has 0 spiro atoms. The molecule has 2 saturated heterocycles. The number of pyridine rings is 1. The number of hydrogen-bond acceptors (Lipinski definition) is 5. The Morgan fingerprint density at radius 1 is 1.00 bits per heavy atom. The highest BCUT2D eigenvalue weighted by Gasteiger charge is 2.31. The number of aryl methyl sites for hydroxylation is 1. The SMILES string of the molecule is Cc1ccc(NC(=O)c2cccc(C(F)(F)F)c2)cc1-c1cc(N2CCOCC2)nc(N2CCCC2=O)c1. The molecule has 7 nitrogen and oxygen atoms in total. The van der Waals surface area contributed by atoms with Crippen molar-refractivity contribution in [1.29, 1.82) is 0 Å². The number of nitrogens with one attached hydrogen (secondary N) is 1. The van der Waals surface area contributed by atoms with E-state index >= 15 is 0 Å².